The molecule has 144 valence electrons. The van der Waals surface area contributed by atoms with E-state index in [0.29, 0.717) is 30.5 Å². The number of nitrogens with one attached hydrogen (secondary N) is 2. The predicted octanol–water partition coefficient (Wildman–Crippen LogP) is 4.15. The van der Waals surface area contributed by atoms with Crippen molar-refractivity contribution >= 4 is 17.4 Å². The van der Waals surface area contributed by atoms with Crippen LogP contribution in [0.3, 0.4) is 0 Å². The second kappa shape index (κ2) is 9.62. The van der Waals surface area contributed by atoms with Crippen molar-refractivity contribution in [1.29, 1.82) is 0 Å². The Balaban J connectivity index is 1.86. The Hall–Kier alpha value is -3.25. The number of ether oxygens (including phenoxy) is 1. The summed E-state index contributed by atoms with van der Waals surface area (Å²) < 4.78 is 5.07. The molecule has 1 amide bonds. The summed E-state index contributed by atoms with van der Waals surface area (Å²) in [7, 11) is 1.67. The lowest BCUT2D eigenvalue weighted by Gasteiger charge is -2.11. The molecule has 1 heterocycles. The van der Waals surface area contributed by atoms with Crippen LogP contribution in [0.1, 0.15) is 22.5 Å². The molecule has 0 unspecified atom stereocenters. The normalized spacial score (nSPS) is 10.5. The molecule has 0 aliphatic carbocycles. The molecule has 0 fully saturated rings. The minimum absolute atomic E-state index is 0.273. The highest BCUT2D eigenvalue weighted by molar-refractivity contribution is 6.03. The van der Waals surface area contributed by atoms with Gasteiger partial charge in [0.05, 0.1) is 0 Å². The van der Waals surface area contributed by atoms with Gasteiger partial charge in [-0.2, -0.15) is 0 Å². The van der Waals surface area contributed by atoms with Crippen LogP contribution < -0.4 is 10.6 Å². The molecule has 0 atom stereocenters. The number of amides is 1. The maximum atomic E-state index is 12.8. The van der Waals surface area contributed by atoms with Gasteiger partial charge in [-0.15, -0.1) is 0 Å². The first-order chi connectivity index (χ1) is 13.7. The van der Waals surface area contributed by atoms with Crippen molar-refractivity contribution in [3.05, 3.63) is 71.9 Å². The van der Waals surface area contributed by atoms with Crippen LogP contribution in [0, 0.1) is 6.92 Å². The zero-order valence-electron chi connectivity index (χ0n) is 16.1. The topological polar surface area (TPSA) is 76.1 Å². The highest BCUT2D eigenvalue weighted by Gasteiger charge is 2.13. The largest absolute Gasteiger partial charge is 0.385 e. The summed E-state index contributed by atoms with van der Waals surface area (Å²) in [4.78, 5) is 21.8. The number of nitrogens with zero attached hydrogens (tertiary/aromatic N) is 2. The van der Waals surface area contributed by atoms with E-state index < -0.39 is 0 Å². The molecule has 28 heavy (non-hydrogen) atoms. The Bertz CT molecular complexity index is 929. The maximum Gasteiger partial charge on any atom is 0.274 e. The molecule has 0 spiro atoms. The fraction of sp³-hybridized carbons (Fsp3) is 0.227. The second-order valence-electron chi connectivity index (χ2n) is 6.42. The Kier molecular flexibility index (Phi) is 6.70. The summed E-state index contributed by atoms with van der Waals surface area (Å²) in [5, 5.41) is 6.15. The van der Waals surface area contributed by atoms with Gasteiger partial charge in [-0.3, -0.25) is 4.79 Å². The van der Waals surface area contributed by atoms with E-state index in [9.17, 15) is 4.79 Å². The number of hydrogen-bond donors (Lipinski definition) is 2. The van der Waals surface area contributed by atoms with Gasteiger partial charge in [0.15, 0.2) is 5.82 Å². The summed E-state index contributed by atoms with van der Waals surface area (Å²) in [6.45, 7) is 3.33. The van der Waals surface area contributed by atoms with E-state index in [0.717, 1.165) is 23.2 Å². The third-order valence-electron chi connectivity index (χ3n) is 4.10. The summed E-state index contributed by atoms with van der Waals surface area (Å²) >= 11 is 0. The van der Waals surface area contributed by atoms with Gasteiger partial charge in [-0.1, -0.05) is 42.5 Å². The van der Waals surface area contributed by atoms with Crippen molar-refractivity contribution in [2.24, 2.45) is 0 Å². The molecular formula is C22H24N4O2. The van der Waals surface area contributed by atoms with Crippen LogP contribution in [0.25, 0.3) is 11.4 Å². The quantitative estimate of drug-likeness (QED) is 0.578. The molecule has 0 aliphatic rings. The molecule has 3 rings (SSSR count). The molecule has 1 aromatic heterocycles. The van der Waals surface area contributed by atoms with Gasteiger partial charge in [-0.25, -0.2) is 9.97 Å². The first-order valence-electron chi connectivity index (χ1n) is 9.21. The lowest BCUT2D eigenvalue weighted by atomic mass is 10.2. The van der Waals surface area contributed by atoms with E-state index >= 15 is 0 Å². The van der Waals surface area contributed by atoms with Crippen molar-refractivity contribution in [3.63, 3.8) is 0 Å². The number of aromatic nitrogens is 2. The Morgan fingerprint density at radius 1 is 1.04 bits per heavy atom. The van der Waals surface area contributed by atoms with E-state index in [1.807, 2.05) is 61.5 Å². The number of methoxy groups -OCH3 is 1. The van der Waals surface area contributed by atoms with Crippen molar-refractivity contribution in [2.45, 2.75) is 13.3 Å². The average Bonchev–Trinajstić information content (AvgIpc) is 2.72. The van der Waals surface area contributed by atoms with Gasteiger partial charge >= 0.3 is 0 Å². The lowest BCUT2D eigenvalue weighted by molar-refractivity contribution is 0.102. The van der Waals surface area contributed by atoms with E-state index in [2.05, 4.69) is 20.6 Å². The Labute approximate surface area is 165 Å². The molecule has 0 radical (unpaired) electrons. The van der Waals surface area contributed by atoms with Crippen LogP contribution in [0.15, 0.2) is 60.7 Å². The van der Waals surface area contributed by atoms with E-state index in [1.165, 1.54) is 0 Å². The average molecular weight is 376 g/mol. The monoisotopic (exact) mass is 376 g/mol. The molecule has 2 N–H and O–H groups in total. The molecule has 0 saturated carbocycles. The Morgan fingerprint density at radius 2 is 1.86 bits per heavy atom. The van der Waals surface area contributed by atoms with Gasteiger partial charge < -0.3 is 15.4 Å². The summed E-state index contributed by atoms with van der Waals surface area (Å²) in [5.74, 6) is 0.844. The number of carbonyl (C=O) groups excluding carboxylic acids is 1. The number of carbonyl (C=O) groups is 1. The van der Waals surface area contributed by atoms with E-state index in [-0.39, 0.29) is 5.91 Å². The number of aryl methyl sites for hydroxylation is 1. The van der Waals surface area contributed by atoms with Crippen LogP contribution in [0.4, 0.5) is 11.5 Å². The van der Waals surface area contributed by atoms with Crippen molar-refractivity contribution < 1.29 is 9.53 Å². The van der Waals surface area contributed by atoms with Crippen LogP contribution >= 0.6 is 0 Å². The predicted molar refractivity (Wildman–Crippen MR) is 112 cm³/mol. The number of benzene rings is 2. The Morgan fingerprint density at radius 3 is 2.61 bits per heavy atom. The minimum Gasteiger partial charge on any atom is -0.385 e. The highest BCUT2D eigenvalue weighted by atomic mass is 16.5. The summed E-state index contributed by atoms with van der Waals surface area (Å²) in [5.41, 5.74) is 2.97. The SMILES string of the molecule is COCCCNc1cc(C(=O)Nc2cccc(C)c2)nc(-c2ccccc2)n1. The number of rotatable bonds is 8. The fourth-order valence-electron chi connectivity index (χ4n) is 2.72. The third-order valence-corrected chi connectivity index (χ3v) is 4.10. The standard InChI is InChI=1S/C22H24N4O2/c1-16-8-6-11-18(14-16)24-22(27)19-15-20(23-12-7-13-28-2)26-21(25-19)17-9-4-3-5-10-17/h3-6,8-11,14-15H,7,12-13H2,1-2H3,(H,24,27)(H,23,25,26). The molecule has 6 nitrogen and oxygen atoms in total. The van der Waals surface area contributed by atoms with Crippen molar-refractivity contribution in [3.8, 4) is 11.4 Å². The maximum absolute atomic E-state index is 12.8. The van der Waals surface area contributed by atoms with Gasteiger partial charge in [-0.05, 0) is 31.0 Å². The summed E-state index contributed by atoms with van der Waals surface area (Å²) in [6.07, 6.45) is 0.839. The smallest absolute Gasteiger partial charge is 0.274 e. The molecular weight excluding hydrogens is 352 g/mol. The van der Waals surface area contributed by atoms with Crippen molar-refractivity contribution in [1.82, 2.24) is 9.97 Å². The van der Waals surface area contributed by atoms with Crippen LogP contribution in [0.2, 0.25) is 0 Å². The van der Waals surface area contributed by atoms with Crippen LogP contribution in [-0.4, -0.2) is 36.1 Å². The zero-order valence-corrected chi connectivity index (χ0v) is 16.1. The zero-order chi connectivity index (χ0) is 19.8. The molecule has 3 aromatic rings. The van der Waals surface area contributed by atoms with Gasteiger partial charge in [0, 0.05) is 37.6 Å². The molecule has 6 heteroatoms. The highest BCUT2D eigenvalue weighted by Crippen LogP contribution is 2.19. The van der Waals surface area contributed by atoms with Crippen molar-refractivity contribution in [2.75, 3.05) is 30.9 Å². The molecule has 0 saturated heterocycles. The van der Waals surface area contributed by atoms with Crippen LogP contribution in [0.5, 0.6) is 0 Å². The molecule has 0 aliphatic heterocycles. The summed E-state index contributed by atoms with van der Waals surface area (Å²) in [6, 6.07) is 19.0. The first-order valence-corrected chi connectivity index (χ1v) is 9.21. The molecule has 0 bridgehead atoms. The van der Waals surface area contributed by atoms with Crippen LogP contribution in [-0.2, 0) is 4.74 Å². The number of anilines is 2. The number of hydrogen-bond acceptors (Lipinski definition) is 5. The van der Waals surface area contributed by atoms with Gasteiger partial charge in [0.2, 0.25) is 0 Å². The minimum atomic E-state index is -0.273. The third kappa shape index (κ3) is 5.37. The molecule has 2 aromatic carbocycles. The second-order valence-corrected chi connectivity index (χ2v) is 6.42. The van der Waals surface area contributed by atoms with Gasteiger partial charge in [0.1, 0.15) is 11.5 Å². The van der Waals surface area contributed by atoms with E-state index in [4.69, 9.17) is 4.74 Å². The fourth-order valence-corrected chi connectivity index (χ4v) is 2.72. The van der Waals surface area contributed by atoms with E-state index in [1.54, 1.807) is 13.2 Å². The first kappa shape index (κ1) is 19.5. The van der Waals surface area contributed by atoms with Gasteiger partial charge in [0.25, 0.3) is 5.91 Å². The lowest BCUT2D eigenvalue weighted by Crippen LogP contribution is -2.16.